The Morgan fingerprint density at radius 2 is 1.85 bits per heavy atom. The van der Waals surface area contributed by atoms with E-state index in [4.69, 9.17) is 4.74 Å². The van der Waals surface area contributed by atoms with Gasteiger partial charge in [0, 0.05) is 12.6 Å². The smallest absolute Gasteiger partial charge is 0.120 e. The van der Waals surface area contributed by atoms with Gasteiger partial charge in [0.05, 0.1) is 0 Å². The molecule has 1 saturated carbocycles. The van der Waals surface area contributed by atoms with Crippen LogP contribution in [0.4, 0.5) is 0 Å². The number of fused-ring (bicyclic) bond motifs is 1. The highest BCUT2D eigenvalue weighted by molar-refractivity contribution is 5.83. The molecule has 0 aliphatic heterocycles. The molecule has 2 nitrogen and oxygen atoms in total. The van der Waals surface area contributed by atoms with Crippen molar-refractivity contribution in [3.05, 3.63) is 42.5 Å². The molecule has 0 spiro atoms. The van der Waals surface area contributed by atoms with Crippen LogP contribution in [0.5, 0.6) is 5.75 Å². The van der Waals surface area contributed by atoms with Crippen LogP contribution in [0.15, 0.2) is 42.5 Å². The molecule has 0 bridgehead atoms. The molecule has 1 atom stereocenters. The van der Waals surface area contributed by atoms with Gasteiger partial charge in [0.15, 0.2) is 0 Å². The summed E-state index contributed by atoms with van der Waals surface area (Å²) in [6.07, 6.45) is 2.87. The standard InChI is InChI=1S/C18H23NO/c1-13(2)18(12-19-16-8-9-16)20-17-10-7-14-5-3-4-6-15(14)11-17/h3-7,10-11,13,16,18-19H,8-9,12H2,1-2H3. The lowest BCUT2D eigenvalue weighted by molar-refractivity contribution is 0.148. The molecule has 0 radical (unpaired) electrons. The van der Waals surface area contributed by atoms with Crippen molar-refractivity contribution < 1.29 is 4.74 Å². The highest BCUT2D eigenvalue weighted by Gasteiger charge is 2.23. The first-order valence-electron chi connectivity index (χ1n) is 7.61. The minimum absolute atomic E-state index is 0.233. The number of hydrogen-bond donors (Lipinski definition) is 1. The largest absolute Gasteiger partial charge is 0.489 e. The molecule has 0 saturated heterocycles. The van der Waals surface area contributed by atoms with Gasteiger partial charge in [-0.05, 0) is 41.7 Å². The molecule has 106 valence electrons. The Morgan fingerprint density at radius 1 is 1.10 bits per heavy atom. The second-order valence-electron chi connectivity index (χ2n) is 6.09. The van der Waals surface area contributed by atoms with E-state index in [9.17, 15) is 0 Å². The van der Waals surface area contributed by atoms with Gasteiger partial charge in [-0.25, -0.2) is 0 Å². The van der Waals surface area contributed by atoms with Crippen molar-refractivity contribution in [2.24, 2.45) is 5.92 Å². The zero-order valence-corrected chi connectivity index (χ0v) is 12.3. The average Bonchev–Trinajstić information content (AvgIpc) is 3.27. The Labute approximate surface area is 121 Å². The molecule has 2 aromatic rings. The Hall–Kier alpha value is -1.54. The van der Waals surface area contributed by atoms with Gasteiger partial charge in [-0.15, -0.1) is 0 Å². The van der Waals surface area contributed by atoms with E-state index < -0.39 is 0 Å². The number of benzene rings is 2. The Kier molecular flexibility index (Phi) is 3.93. The number of rotatable bonds is 6. The summed E-state index contributed by atoms with van der Waals surface area (Å²) in [6.45, 7) is 5.38. The zero-order chi connectivity index (χ0) is 13.9. The predicted molar refractivity (Wildman–Crippen MR) is 84.2 cm³/mol. The Bertz CT molecular complexity index is 574. The fourth-order valence-electron chi connectivity index (χ4n) is 2.40. The third kappa shape index (κ3) is 3.31. The molecule has 0 amide bonds. The summed E-state index contributed by atoms with van der Waals surface area (Å²) in [5, 5.41) is 6.07. The molecule has 1 N–H and O–H groups in total. The minimum atomic E-state index is 0.233. The minimum Gasteiger partial charge on any atom is -0.489 e. The first-order valence-corrected chi connectivity index (χ1v) is 7.61. The van der Waals surface area contributed by atoms with Gasteiger partial charge in [0.2, 0.25) is 0 Å². The number of hydrogen-bond acceptors (Lipinski definition) is 2. The molecular weight excluding hydrogens is 246 g/mol. The molecule has 2 heteroatoms. The maximum atomic E-state index is 6.20. The van der Waals surface area contributed by atoms with Crippen LogP contribution in [0.2, 0.25) is 0 Å². The van der Waals surface area contributed by atoms with Crippen molar-refractivity contribution in [1.29, 1.82) is 0 Å². The normalized spacial score (nSPS) is 16.6. The molecule has 20 heavy (non-hydrogen) atoms. The van der Waals surface area contributed by atoms with E-state index in [2.05, 4.69) is 61.6 Å². The molecule has 1 unspecified atom stereocenters. The van der Waals surface area contributed by atoms with E-state index >= 15 is 0 Å². The fraction of sp³-hybridized carbons (Fsp3) is 0.444. The highest BCUT2D eigenvalue weighted by atomic mass is 16.5. The summed E-state index contributed by atoms with van der Waals surface area (Å²) in [4.78, 5) is 0. The van der Waals surface area contributed by atoms with Crippen LogP contribution in [0.1, 0.15) is 26.7 Å². The van der Waals surface area contributed by atoms with Crippen LogP contribution >= 0.6 is 0 Å². The summed E-state index contributed by atoms with van der Waals surface area (Å²) in [5.41, 5.74) is 0. The molecule has 2 aromatic carbocycles. The lowest BCUT2D eigenvalue weighted by atomic mass is 10.1. The maximum Gasteiger partial charge on any atom is 0.120 e. The Balaban J connectivity index is 1.71. The van der Waals surface area contributed by atoms with E-state index in [0.29, 0.717) is 5.92 Å². The first kappa shape index (κ1) is 13.4. The van der Waals surface area contributed by atoms with Crippen LogP contribution in [-0.2, 0) is 0 Å². The average molecular weight is 269 g/mol. The lowest BCUT2D eigenvalue weighted by Gasteiger charge is -2.23. The maximum absolute atomic E-state index is 6.20. The molecular formula is C18H23NO. The summed E-state index contributed by atoms with van der Waals surface area (Å²) in [6, 6.07) is 15.5. The SMILES string of the molecule is CC(C)C(CNC1CC1)Oc1ccc2ccccc2c1. The van der Waals surface area contributed by atoms with E-state index in [1.807, 2.05) is 0 Å². The van der Waals surface area contributed by atoms with Gasteiger partial charge in [0.1, 0.15) is 11.9 Å². The molecule has 1 fully saturated rings. The second kappa shape index (κ2) is 5.84. The Morgan fingerprint density at radius 3 is 2.55 bits per heavy atom. The molecule has 0 heterocycles. The van der Waals surface area contributed by atoms with Gasteiger partial charge in [-0.2, -0.15) is 0 Å². The lowest BCUT2D eigenvalue weighted by Crippen LogP contribution is -2.36. The monoisotopic (exact) mass is 269 g/mol. The van der Waals surface area contributed by atoms with Crippen LogP contribution in [0.3, 0.4) is 0 Å². The van der Waals surface area contributed by atoms with Crippen LogP contribution in [-0.4, -0.2) is 18.7 Å². The molecule has 1 aliphatic carbocycles. The van der Waals surface area contributed by atoms with Gasteiger partial charge in [-0.1, -0.05) is 44.2 Å². The molecule has 1 aliphatic rings. The van der Waals surface area contributed by atoms with E-state index in [-0.39, 0.29) is 6.10 Å². The second-order valence-corrected chi connectivity index (χ2v) is 6.09. The predicted octanol–water partition coefficient (Wildman–Crippen LogP) is 4.00. The van der Waals surface area contributed by atoms with Gasteiger partial charge in [0.25, 0.3) is 0 Å². The van der Waals surface area contributed by atoms with Crippen molar-refractivity contribution in [2.45, 2.75) is 38.8 Å². The van der Waals surface area contributed by atoms with Gasteiger partial charge >= 0.3 is 0 Å². The quantitative estimate of drug-likeness (QED) is 0.856. The third-order valence-corrected chi connectivity index (χ3v) is 3.94. The van der Waals surface area contributed by atoms with Crippen molar-refractivity contribution in [3.8, 4) is 5.75 Å². The summed E-state index contributed by atoms with van der Waals surface area (Å²) < 4.78 is 6.20. The van der Waals surface area contributed by atoms with E-state index in [1.54, 1.807) is 0 Å². The van der Waals surface area contributed by atoms with Crippen molar-refractivity contribution in [3.63, 3.8) is 0 Å². The molecule has 3 rings (SSSR count). The summed E-state index contributed by atoms with van der Waals surface area (Å²) in [7, 11) is 0. The number of ether oxygens (including phenoxy) is 1. The van der Waals surface area contributed by atoms with Gasteiger partial charge < -0.3 is 10.1 Å². The third-order valence-electron chi connectivity index (χ3n) is 3.94. The van der Waals surface area contributed by atoms with Crippen molar-refractivity contribution in [2.75, 3.05) is 6.54 Å². The summed E-state index contributed by atoms with van der Waals surface area (Å²) >= 11 is 0. The topological polar surface area (TPSA) is 21.3 Å². The first-order chi connectivity index (χ1) is 9.72. The number of nitrogens with one attached hydrogen (secondary N) is 1. The van der Waals surface area contributed by atoms with Crippen molar-refractivity contribution in [1.82, 2.24) is 5.32 Å². The van der Waals surface area contributed by atoms with Crippen LogP contribution in [0.25, 0.3) is 10.8 Å². The van der Waals surface area contributed by atoms with Crippen molar-refractivity contribution >= 4 is 10.8 Å². The van der Waals surface area contributed by atoms with Crippen LogP contribution in [0, 0.1) is 5.92 Å². The summed E-state index contributed by atoms with van der Waals surface area (Å²) in [5.74, 6) is 1.48. The van der Waals surface area contributed by atoms with Gasteiger partial charge in [-0.3, -0.25) is 0 Å². The zero-order valence-electron chi connectivity index (χ0n) is 12.3. The molecule has 0 aromatic heterocycles. The fourth-order valence-corrected chi connectivity index (χ4v) is 2.40. The van der Waals surface area contributed by atoms with E-state index in [1.165, 1.54) is 23.6 Å². The highest BCUT2D eigenvalue weighted by Crippen LogP contribution is 2.23. The van der Waals surface area contributed by atoms with Crippen LogP contribution < -0.4 is 10.1 Å². The van der Waals surface area contributed by atoms with E-state index in [0.717, 1.165) is 18.3 Å².